The number of aromatic nitrogens is 1. The standard InChI is InChI=1S/C16H21N3/c1-3-10-17-16-12-15(9-11-18-16)19-14-7-5-13(4-2)6-8-14/h5-9,11-12H,3-4,10H2,1-2H3,(H2,17,18,19). The van der Waals surface area contributed by atoms with Gasteiger partial charge in [0.2, 0.25) is 0 Å². The van der Waals surface area contributed by atoms with E-state index in [9.17, 15) is 0 Å². The van der Waals surface area contributed by atoms with Crippen molar-refractivity contribution in [2.24, 2.45) is 0 Å². The largest absolute Gasteiger partial charge is 0.370 e. The Labute approximate surface area is 115 Å². The van der Waals surface area contributed by atoms with Crippen LogP contribution in [0.2, 0.25) is 0 Å². The molecule has 0 saturated heterocycles. The van der Waals surface area contributed by atoms with Gasteiger partial charge in [-0.1, -0.05) is 26.0 Å². The maximum atomic E-state index is 4.29. The summed E-state index contributed by atoms with van der Waals surface area (Å²) in [4.78, 5) is 4.29. The molecule has 2 N–H and O–H groups in total. The van der Waals surface area contributed by atoms with E-state index in [0.29, 0.717) is 0 Å². The highest BCUT2D eigenvalue weighted by Gasteiger charge is 1.98. The van der Waals surface area contributed by atoms with Gasteiger partial charge in [0.05, 0.1) is 0 Å². The fourth-order valence-electron chi connectivity index (χ4n) is 1.85. The first-order valence-electron chi connectivity index (χ1n) is 6.87. The second-order valence-electron chi connectivity index (χ2n) is 4.53. The number of benzene rings is 1. The molecule has 0 atom stereocenters. The van der Waals surface area contributed by atoms with Crippen LogP contribution in [0.25, 0.3) is 0 Å². The summed E-state index contributed by atoms with van der Waals surface area (Å²) in [5.74, 6) is 0.914. The molecule has 0 aliphatic heterocycles. The van der Waals surface area contributed by atoms with Crippen LogP contribution in [0.4, 0.5) is 17.2 Å². The third kappa shape index (κ3) is 3.98. The van der Waals surface area contributed by atoms with Crippen molar-refractivity contribution in [1.29, 1.82) is 0 Å². The summed E-state index contributed by atoms with van der Waals surface area (Å²) in [5.41, 5.74) is 3.51. The number of hydrogen-bond donors (Lipinski definition) is 2. The van der Waals surface area contributed by atoms with Crippen LogP contribution in [0.15, 0.2) is 42.6 Å². The van der Waals surface area contributed by atoms with Gasteiger partial charge in [-0.15, -0.1) is 0 Å². The van der Waals surface area contributed by atoms with Gasteiger partial charge in [-0.2, -0.15) is 0 Å². The van der Waals surface area contributed by atoms with Gasteiger partial charge in [0.1, 0.15) is 5.82 Å². The predicted octanol–water partition coefficient (Wildman–Crippen LogP) is 4.21. The first-order chi connectivity index (χ1) is 9.31. The fourth-order valence-corrected chi connectivity index (χ4v) is 1.85. The summed E-state index contributed by atoms with van der Waals surface area (Å²) in [6, 6.07) is 12.5. The predicted molar refractivity (Wildman–Crippen MR) is 82.1 cm³/mol. The minimum absolute atomic E-state index is 0.914. The molecule has 0 aliphatic carbocycles. The van der Waals surface area contributed by atoms with Gasteiger partial charge in [-0.05, 0) is 36.6 Å². The SMILES string of the molecule is CCCNc1cc(Nc2ccc(CC)cc2)ccn1. The van der Waals surface area contributed by atoms with Gasteiger partial charge < -0.3 is 10.6 Å². The molecule has 19 heavy (non-hydrogen) atoms. The highest BCUT2D eigenvalue weighted by Crippen LogP contribution is 2.19. The van der Waals surface area contributed by atoms with E-state index in [-0.39, 0.29) is 0 Å². The number of nitrogens with zero attached hydrogens (tertiary/aromatic N) is 1. The molecule has 0 unspecified atom stereocenters. The molecule has 0 amide bonds. The lowest BCUT2D eigenvalue weighted by Gasteiger charge is -2.09. The monoisotopic (exact) mass is 255 g/mol. The maximum Gasteiger partial charge on any atom is 0.127 e. The van der Waals surface area contributed by atoms with Gasteiger partial charge in [0, 0.05) is 30.2 Å². The second-order valence-corrected chi connectivity index (χ2v) is 4.53. The highest BCUT2D eigenvalue weighted by molar-refractivity contribution is 5.62. The molecule has 1 heterocycles. The van der Waals surface area contributed by atoms with E-state index in [1.54, 1.807) is 0 Å². The number of rotatable bonds is 6. The molecule has 0 spiro atoms. The Morgan fingerprint density at radius 2 is 1.79 bits per heavy atom. The lowest BCUT2D eigenvalue weighted by Crippen LogP contribution is -2.02. The van der Waals surface area contributed by atoms with Crippen molar-refractivity contribution < 1.29 is 0 Å². The molecule has 3 nitrogen and oxygen atoms in total. The third-order valence-corrected chi connectivity index (χ3v) is 2.97. The molecule has 1 aromatic carbocycles. The number of anilines is 3. The van der Waals surface area contributed by atoms with Crippen LogP contribution in [-0.2, 0) is 6.42 Å². The first kappa shape index (κ1) is 13.4. The molecule has 0 saturated carbocycles. The Morgan fingerprint density at radius 3 is 2.47 bits per heavy atom. The van der Waals surface area contributed by atoms with E-state index in [0.717, 1.165) is 36.6 Å². The Kier molecular flexibility index (Phi) is 4.78. The number of hydrogen-bond acceptors (Lipinski definition) is 3. The Morgan fingerprint density at radius 1 is 1.00 bits per heavy atom. The van der Waals surface area contributed by atoms with Gasteiger partial charge in [-0.3, -0.25) is 0 Å². The third-order valence-electron chi connectivity index (χ3n) is 2.97. The van der Waals surface area contributed by atoms with Crippen LogP contribution < -0.4 is 10.6 Å². The topological polar surface area (TPSA) is 37.0 Å². The van der Waals surface area contributed by atoms with Crippen molar-refractivity contribution in [2.45, 2.75) is 26.7 Å². The summed E-state index contributed by atoms with van der Waals surface area (Å²) in [6.45, 7) is 5.25. The Hall–Kier alpha value is -2.03. The average molecular weight is 255 g/mol. The van der Waals surface area contributed by atoms with Crippen molar-refractivity contribution in [3.8, 4) is 0 Å². The number of pyridine rings is 1. The lowest BCUT2D eigenvalue weighted by molar-refractivity contribution is 0.969. The van der Waals surface area contributed by atoms with E-state index in [1.165, 1.54) is 5.56 Å². The van der Waals surface area contributed by atoms with E-state index >= 15 is 0 Å². The summed E-state index contributed by atoms with van der Waals surface area (Å²) in [7, 11) is 0. The summed E-state index contributed by atoms with van der Waals surface area (Å²) >= 11 is 0. The molecule has 0 fully saturated rings. The molecule has 2 rings (SSSR count). The van der Waals surface area contributed by atoms with Gasteiger partial charge in [0.25, 0.3) is 0 Å². The molecule has 100 valence electrons. The molecule has 3 heteroatoms. The second kappa shape index (κ2) is 6.78. The smallest absolute Gasteiger partial charge is 0.127 e. The van der Waals surface area contributed by atoms with Crippen molar-refractivity contribution in [3.05, 3.63) is 48.2 Å². The van der Waals surface area contributed by atoms with Crippen LogP contribution in [0, 0.1) is 0 Å². The van der Waals surface area contributed by atoms with Gasteiger partial charge in [-0.25, -0.2) is 4.98 Å². The fraction of sp³-hybridized carbons (Fsp3) is 0.312. The van der Waals surface area contributed by atoms with E-state index < -0.39 is 0 Å². The van der Waals surface area contributed by atoms with Gasteiger partial charge in [0.15, 0.2) is 0 Å². The summed E-state index contributed by atoms with van der Waals surface area (Å²) < 4.78 is 0. The molecule has 1 aromatic heterocycles. The van der Waals surface area contributed by atoms with Crippen molar-refractivity contribution in [3.63, 3.8) is 0 Å². The van der Waals surface area contributed by atoms with E-state index in [2.05, 4.69) is 53.7 Å². The van der Waals surface area contributed by atoms with Crippen molar-refractivity contribution >= 4 is 17.2 Å². The minimum Gasteiger partial charge on any atom is -0.370 e. The van der Waals surface area contributed by atoms with Crippen molar-refractivity contribution in [2.75, 3.05) is 17.2 Å². The zero-order valence-corrected chi connectivity index (χ0v) is 11.6. The van der Waals surface area contributed by atoms with Crippen molar-refractivity contribution in [1.82, 2.24) is 4.98 Å². The Bertz CT molecular complexity index is 506. The summed E-state index contributed by atoms with van der Waals surface area (Å²) in [6.07, 6.45) is 3.99. The zero-order chi connectivity index (χ0) is 13.5. The number of nitrogens with one attached hydrogen (secondary N) is 2. The number of aryl methyl sites for hydroxylation is 1. The molecular formula is C16H21N3. The molecule has 2 aromatic rings. The molecule has 0 aliphatic rings. The van der Waals surface area contributed by atoms with Crippen LogP contribution in [-0.4, -0.2) is 11.5 Å². The normalized spacial score (nSPS) is 10.2. The minimum atomic E-state index is 0.914. The maximum absolute atomic E-state index is 4.29. The summed E-state index contributed by atoms with van der Waals surface area (Å²) in [5, 5.41) is 6.68. The quantitative estimate of drug-likeness (QED) is 0.812. The molecular weight excluding hydrogens is 234 g/mol. The van der Waals surface area contributed by atoms with Gasteiger partial charge >= 0.3 is 0 Å². The first-order valence-corrected chi connectivity index (χ1v) is 6.87. The van der Waals surface area contributed by atoms with E-state index in [4.69, 9.17) is 0 Å². The molecule has 0 bridgehead atoms. The van der Waals surface area contributed by atoms with Crippen LogP contribution in [0.5, 0.6) is 0 Å². The van der Waals surface area contributed by atoms with Crippen LogP contribution >= 0.6 is 0 Å². The lowest BCUT2D eigenvalue weighted by atomic mass is 10.1. The Balaban J connectivity index is 2.05. The van der Waals surface area contributed by atoms with E-state index in [1.807, 2.05) is 18.3 Å². The zero-order valence-electron chi connectivity index (χ0n) is 11.6. The highest BCUT2D eigenvalue weighted by atomic mass is 15.0. The van der Waals surface area contributed by atoms with Crippen LogP contribution in [0.1, 0.15) is 25.8 Å². The molecule has 0 radical (unpaired) electrons. The average Bonchev–Trinajstić information content (AvgIpc) is 2.46. The van der Waals surface area contributed by atoms with Crippen LogP contribution in [0.3, 0.4) is 0 Å².